The second-order valence-corrected chi connectivity index (χ2v) is 11.4. The number of oxazole rings is 1. The summed E-state index contributed by atoms with van der Waals surface area (Å²) in [7, 11) is 0. The van der Waals surface area contributed by atoms with Crippen molar-refractivity contribution < 1.29 is 29.0 Å². The molecule has 0 bridgehead atoms. The fourth-order valence-corrected chi connectivity index (χ4v) is 5.21. The van der Waals surface area contributed by atoms with Crippen molar-refractivity contribution in [2.75, 3.05) is 0 Å². The average molecular weight is 526 g/mol. The molecule has 0 saturated carbocycles. The zero-order chi connectivity index (χ0) is 28.0. The Hall–Kier alpha value is -2.77. The first-order chi connectivity index (χ1) is 17.9. The van der Waals surface area contributed by atoms with Crippen LogP contribution in [-0.4, -0.2) is 39.2 Å². The molecule has 1 aromatic heterocycles. The topological polar surface area (TPSA) is 110 Å². The van der Waals surface area contributed by atoms with Gasteiger partial charge in [0.15, 0.2) is 11.5 Å². The van der Waals surface area contributed by atoms with E-state index in [1.165, 1.54) is 5.57 Å². The van der Waals surface area contributed by atoms with Crippen LogP contribution < -0.4 is 0 Å². The number of esters is 1. The molecule has 38 heavy (non-hydrogen) atoms. The molecule has 0 spiro atoms. The molecule has 208 valence electrons. The molecule has 1 aliphatic rings. The van der Waals surface area contributed by atoms with Gasteiger partial charge in [0.1, 0.15) is 17.4 Å². The molecule has 0 fully saturated rings. The average Bonchev–Trinajstić information content (AvgIpc) is 3.24. The highest BCUT2D eigenvalue weighted by Gasteiger charge is 2.43. The molecule has 0 saturated heterocycles. The third kappa shape index (κ3) is 7.20. The van der Waals surface area contributed by atoms with Crippen LogP contribution in [0.25, 0.3) is 11.1 Å². The number of rotatable bonds is 4. The number of allylic oxidation sites excluding steroid dienone is 2. The Labute approximate surface area is 226 Å². The van der Waals surface area contributed by atoms with Crippen LogP contribution in [0.15, 0.2) is 46.9 Å². The lowest BCUT2D eigenvalue weighted by Gasteiger charge is -2.36. The van der Waals surface area contributed by atoms with Gasteiger partial charge in [0, 0.05) is 19.3 Å². The molecule has 0 unspecified atom stereocenters. The molecule has 5 atom stereocenters. The Morgan fingerprint density at radius 1 is 1.21 bits per heavy atom. The Morgan fingerprint density at radius 3 is 2.66 bits per heavy atom. The maximum Gasteiger partial charge on any atom is 0.309 e. The Balaban J connectivity index is 1.93. The highest BCUT2D eigenvalue weighted by molar-refractivity contribution is 5.88. The van der Waals surface area contributed by atoms with Gasteiger partial charge in [-0.25, -0.2) is 4.98 Å². The summed E-state index contributed by atoms with van der Waals surface area (Å²) in [5.41, 5.74) is 2.06. The van der Waals surface area contributed by atoms with E-state index in [1.54, 1.807) is 26.8 Å². The third-order valence-corrected chi connectivity index (χ3v) is 7.92. The highest BCUT2D eigenvalue weighted by Crippen LogP contribution is 2.35. The minimum atomic E-state index is -1.26. The van der Waals surface area contributed by atoms with Gasteiger partial charge < -0.3 is 19.4 Å². The van der Waals surface area contributed by atoms with Gasteiger partial charge in [-0.1, -0.05) is 44.6 Å². The van der Waals surface area contributed by atoms with Crippen molar-refractivity contribution in [1.29, 1.82) is 0 Å². The summed E-state index contributed by atoms with van der Waals surface area (Å²) in [4.78, 5) is 31.1. The first-order valence-electron chi connectivity index (χ1n) is 13.7. The lowest BCUT2D eigenvalue weighted by atomic mass is 9.71. The van der Waals surface area contributed by atoms with Gasteiger partial charge in [0.05, 0.1) is 24.0 Å². The van der Waals surface area contributed by atoms with Crippen molar-refractivity contribution in [3.8, 4) is 0 Å². The fourth-order valence-electron chi connectivity index (χ4n) is 5.21. The monoisotopic (exact) mass is 525 g/mol. The quantitative estimate of drug-likeness (QED) is 0.363. The maximum absolute atomic E-state index is 13.7. The molecule has 7 nitrogen and oxygen atoms in total. The minimum Gasteiger partial charge on any atom is -0.457 e. The molecule has 1 aliphatic heterocycles. The number of carbonyl (C=O) groups is 2. The van der Waals surface area contributed by atoms with Gasteiger partial charge in [-0.3, -0.25) is 9.59 Å². The Morgan fingerprint density at radius 2 is 1.95 bits per heavy atom. The predicted molar refractivity (Wildman–Crippen MR) is 147 cm³/mol. The molecule has 3 rings (SSSR count). The SMILES string of the molecule is C=CCC[C@H]1C(=O)C(C)(C)[C@@H](O)CC(=O)O[C@H](c2ccc3oc(C)nc3c2)C/C=C(/C)CCC[C@H](C)[C@@H]1O. The molecule has 2 heterocycles. The number of aromatic nitrogens is 1. The summed E-state index contributed by atoms with van der Waals surface area (Å²) in [6.07, 6.45) is 4.79. The van der Waals surface area contributed by atoms with E-state index in [9.17, 15) is 19.8 Å². The first kappa shape index (κ1) is 29.8. The van der Waals surface area contributed by atoms with Crippen molar-refractivity contribution in [2.45, 2.75) is 97.9 Å². The number of fused-ring (bicyclic) bond motifs is 1. The summed E-state index contributed by atoms with van der Waals surface area (Å²) in [5, 5.41) is 22.2. The van der Waals surface area contributed by atoms with Gasteiger partial charge >= 0.3 is 5.97 Å². The number of carbonyl (C=O) groups excluding carboxylic acids is 2. The van der Waals surface area contributed by atoms with Crippen LogP contribution >= 0.6 is 0 Å². The summed E-state index contributed by atoms with van der Waals surface area (Å²) < 4.78 is 11.5. The van der Waals surface area contributed by atoms with Crippen molar-refractivity contribution in [1.82, 2.24) is 4.98 Å². The molecular formula is C31H43NO6. The molecule has 1 aromatic carbocycles. The van der Waals surface area contributed by atoms with E-state index >= 15 is 0 Å². The number of aliphatic hydroxyl groups excluding tert-OH is 2. The van der Waals surface area contributed by atoms with Crippen LogP contribution in [0, 0.1) is 24.2 Å². The van der Waals surface area contributed by atoms with Crippen LogP contribution in [-0.2, 0) is 14.3 Å². The summed E-state index contributed by atoms with van der Waals surface area (Å²) in [5.74, 6) is -1.01. The van der Waals surface area contributed by atoms with Gasteiger partial charge in [-0.15, -0.1) is 6.58 Å². The van der Waals surface area contributed by atoms with Crippen molar-refractivity contribution in [2.24, 2.45) is 17.3 Å². The van der Waals surface area contributed by atoms with Crippen LogP contribution in [0.2, 0.25) is 0 Å². The lowest BCUT2D eigenvalue weighted by Crippen LogP contribution is -2.46. The number of aliphatic hydroxyl groups is 2. The third-order valence-electron chi connectivity index (χ3n) is 7.92. The zero-order valence-corrected chi connectivity index (χ0v) is 23.4. The number of hydrogen-bond donors (Lipinski definition) is 2. The fraction of sp³-hybridized carbons (Fsp3) is 0.581. The number of nitrogens with zero attached hydrogens (tertiary/aromatic N) is 1. The van der Waals surface area contributed by atoms with E-state index in [4.69, 9.17) is 9.15 Å². The van der Waals surface area contributed by atoms with E-state index < -0.39 is 35.6 Å². The molecule has 0 amide bonds. The number of ketones is 1. The molecule has 0 radical (unpaired) electrons. The van der Waals surface area contributed by atoms with Crippen LogP contribution in [0.3, 0.4) is 0 Å². The van der Waals surface area contributed by atoms with Crippen LogP contribution in [0.4, 0.5) is 0 Å². The zero-order valence-electron chi connectivity index (χ0n) is 23.4. The second kappa shape index (κ2) is 12.9. The van der Waals surface area contributed by atoms with E-state index in [0.29, 0.717) is 36.3 Å². The van der Waals surface area contributed by atoms with Gasteiger partial charge in [0.25, 0.3) is 0 Å². The number of cyclic esters (lactones) is 1. The van der Waals surface area contributed by atoms with Gasteiger partial charge in [0.2, 0.25) is 0 Å². The standard InChI is InChI=1S/C31H43NO6/c1-7-8-12-23-29(35)20(3)11-9-10-19(2)13-15-25(22-14-16-26-24(17-22)32-21(4)37-26)38-28(34)18-27(33)31(5,6)30(23)36/h7,13-14,16-17,20,23,25,27,29,33,35H,1,8-12,15,18H2,2-6H3/b19-13-/t20-,23+,25-,27-,29-/m0/s1. The van der Waals surface area contributed by atoms with E-state index in [-0.39, 0.29) is 18.1 Å². The van der Waals surface area contributed by atoms with Gasteiger partial charge in [-0.05, 0) is 62.6 Å². The van der Waals surface area contributed by atoms with Crippen LogP contribution in [0.1, 0.15) is 90.2 Å². The highest BCUT2D eigenvalue weighted by atomic mass is 16.5. The predicted octanol–water partition coefficient (Wildman–Crippen LogP) is 6.17. The summed E-state index contributed by atoms with van der Waals surface area (Å²) in [6, 6.07) is 5.55. The van der Waals surface area contributed by atoms with Crippen molar-refractivity contribution in [3.63, 3.8) is 0 Å². The van der Waals surface area contributed by atoms with E-state index in [2.05, 4.69) is 24.6 Å². The van der Waals surface area contributed by atoms with E-state index in [0.717, 1.165) is 24.8 Å². The number of hydrogen-bond acceptors (Lipinski definition) is 7. The minimum absolute atomic E-state index is 0.0854. The van der Waals surface area contributed by atoms with Crippen molar-refractivity contribution in [3.05, 3.63) is 54.0 Å². The number of aryl methyl sites for hydroxylation is 1. The van der Waals surface area contributed by atoms with Crippen LogP contribution in [0.5, 0.6) is 0 Å². The molecular weight excluding hydrogens is 482 g/mol. The molecule has 2 N–H and O–H groups in total. The molecule has 7 heteroatoms. The summed E-state index contributed by atoms with van der Waals surface area (Å²) >= 11 is 0. The Bertz CT molecular complexity index is 1160. The number of ether oxygens (including phenoxy) is 1. The Kier molecular flexibility index (Phi) is 10.1. The number of benzene rings is 1. The van der Waals surface area contributed by atoms with Gasteiger partial charge in [-0.2, -0.15) is 0 Å². The first-order valence-corrected chi connectivity index (χ1v) is 13.7. The largest absolute Gasteiger partial charge is 0.457 e. The smallest absolute Gasteiger partial charge is 0.309 e. The second-order valence-electron chi connectivity index (χ2n) is 11.4. The number of Topliss-reactive ketones (excluding diaryl/α,β-unsaturated/α-hetero) is 1. The maximum atomic E-state index is 13.7. The molecule has 0 aliphatic carbocycles. The lowest BCUT2D eigenvalue weighted by molar-refractivity contribution is -0.156. The normalized spacial score (nSPS) is 29.4. The van der Waals surface area contributed by atoms with E-state index in [1.807, 2.05) is 25.1 Å². The summed E-state index contributed by atoms with van der Waals surface area (Å²) in [6.45, 7) is 12.8. The van der Waals surface area contributed by atoms with Crippen molar-refractivity contribution >= 4 is 22.9 Å². The molecule has 2 aromatic rings.